The molecule has 1 aliphatic rings. The Hall–Kier alpha value is -2.84. The van der Waals surface area contributed by atoms with Gasteiger partial charge in [-0.05, 0) is 24.3 Å². The summed E-state index contributed by atoms with van der Waals surface area (Å²) in [5.41, 5.74) is 0.584. The number of nitrogens with zero attached hydrogens (tertiary/aromatic N) is 4. The van der Waals surface area contributed by atoms with Crippen molar-refractivity contribution in [3.05, 3.63) is 51.4 Å². The highest BCUT2D eigenvalue weighted by molar-refractivity contribution is 5.78. The van der Waals surface area contributed by atoms with Gasteiger partial charge in [-0.2, -0.15) is 10.1 Å². The lowest BCUT2D eigenvalue weighted by molar-refractivity contribution is 0.0174. The van der Waals surface area contributed by atoms with E-state index < -0.39 is 18.2 Å². The number of alkyl halides is 3. The van der Waals surface area contributed by atoms with Crippen molar-refractivity contribution in [3.63, 3.8) is 0 Å². The fourth-order valence-electron chi connectivity index (χ4n) is 3.60. The van der Waals surface area contributed by atoms with Gasteiger partial charge in [-0.25, -0.2) is 17.9 Å². The van der Waals surface area contributed by atoms with Crippen LogP contribution in [0.3, 0.4) is 0 Å². The highest BCUT2D eigenvalue weighted by Gasteiger charge is 2.37. The molecule has 154 valence electrons. The zero-order valence-electron chi connectivity index (χ0n) is 16.4. The summed E-state index contributed by atoms with van der Waals surface area (Å²) in [6, 6.07) is 5.80. The first-order valence-corrected chi connectivity index (χ1v) is 9.43. The summed E-state index contributed by atoms with van der Waals surface area (Å²) in [6.45, 7) is -0.0398. The van der Waals surface area contributed by atoms with E-state index in [1.165, 1.54) is 12.1 Å². The van der Waals surface area contributed by atoms with Crippen LogP contribution in [0, 0.1) is 5.92 Å². The van der Waals surface area contributed by atoms with Crippen molar-refractivity contribution in [3.8, 4) is 0 Å². The third-order valence-electron chi connectivity index (χ3n) is 5.26. The minimum atomic E-state index is -2.93. The van der Waals surface area contributed by atoms with Gasteiger partial charge in [0.05, 0.1) is 6.04 Å². The number of anilines is 1. The van der Waals surface area contributed by atoms with Crippen molar-refractivity contribution in [1.29, 1.82) is 0 Å². The molecule has 29 heavy (non-hydrogen) atoms. The molecule has 1 saturated carbocycles. The first-order chi connectivity index (χ1) is 13.7. The first-order valence-electron chi connectivity index (χ1n) is 9.43. The SMILES string of the molecule is CN(C)c1nc2c(c(CF)nn2[C@@H](c2ccc(C(C)(F)F)cc2)C2CC2)c(=O)[nH]1. The molecule has 0 saturated heterocycles. The van der Waals surface area contributed by atoms with Crippen molar-refractivity contribution in [1.82, 2.24) is 19.7 Å². The van der Waals surface area contributed by atoms with E-state index in [-0.39, 0.29) is 28.6 Å². The summed E-state index contributed by atoms with van der Waals surface area (Å²) in [7, 11) is 3.48. The molecule has 4 rings (SSSR count). The van der Waals surface area contributed by atoms with Crippen LogP contribution in [0.5, 0.6) is 0 Å². The third-order valence-corrected chi connectivity index (χ3v) is 5.26. The van der Waals surface area contributed by atoms with Crippen LogP contribution in [0.25, 0.3) is 11.0 Å². The van der Waals surface area contributed by atoms with E-state index in [0.717, 1.165) is 25.3 Å². The fraction of sp³-hybridized carbons (Fsp3) is 0.450. The van der Waals surface area contributed by atoms with E-state index in [1.807, 2.05) is 0 Å². The number of fused-ring (bicyclic) bond motifs is 1. The van der Waals surface area contributed by atoms with Crippen LogP contribution in [0.4, 0.5) is 19.1 Å². The maximum atomic E-state index is 13.6. The maximum absolute atomic E-state index is 13.6. The number of halogens is 3. The van der Waals surface area contributed by atoms with E-state index >= 15 is 0 Å². The molecular weight excluding hydrogens is 383 g/mol. The maximum Gasteiger partial charge on any atom is 0.270 e. The van der Waals surface area contributed by atoms with Gasteiger partial charge in [0.1, 0.15) is 17.8 Å². The normalized spacial score (nSPS) is 15.7. The molecule has 6 nitrogen and oxygen atoms in total. The van der Waals surface area contributed by atoms with Gasteiger partial charge >= 0.3 is 0 Å². The van der Waals surface area contributed by atoms with Crippen LogP contribution in [0.15, 0.2) is 29.1 Å². The molecule has 0 amide bonds. The van der Waals surface area contributed by atoms with Crippen molar-refractivity contribution < 1.29 is 13.2 Å². The Balaban J connectivity index is 1.89. The zero-order valence-corrected chi connectivity index (χ0v) is 16.4. The first kappa shape index (κ1) is 19.5. The molecular formula is C20H22F3N5O. The predicted molar refractivity (Wildman–Crippen MR) is 104 cm³/mol. The third kappa shape index (κ3) is 3.49. The van der Waals surface area contributed by atoms with Crippen LogP contribution in [0.2, 0.25) is 0 Å². The van der Waals surface area contributed by atoms with Gasteiger partial charge in [-0.1, -0.05) is 24.3 Å². The molecule has 3 aromatic rings. The Morgan fingerprint density at radius 3 is 2.45 bits per heavy atom. The molecule has 0 radical (unpaired) electrons. The van der Waals surface area contributed by atoms with E-state index in [2.05, 4.69) is 15.1 Å². The number of H-pyrrole nitrogens is 1. The molecule has 0 bridgehead atoms. The Morgan fingerprint density at radius 1 is 1.28 bits per heavy atom. The van der Waals surface area contributed by atoms with Crippen molar-refractivity contribution in [2.24, 2.45) is 5.92 Å². The second kappa shape index (κ2) is 6.89. The van der Waals surface area contributed by atoms with Gasteiger partial charge in [0.15, 0.2) is 5.65 Å². The molecule has 1 fully saturated rings. The molecule has 1 aromatic carbocycles. The number of hydrogen-bond donors (Lipinski definition) is 1. The van der Waals surface area contributed by atoms with Crippen LogP contribution >= 0.6 is 0 Å². The van der Waals surface area contributed by atoms with Crippen molar-refractivity contribution in [2.45, 2.75) is 38.4 Å². The predicted octanol–water partition coefficient (Wildman–Crippen LogP) is 3.77. The topological polar surface area (TPSA) is 66.8 Å². The fourth-order valence-corrected chi connectivity index (χ4v) is 3.60. The molecule has 9 heteroatoms. The van der Waals surface area contributed by atoms with Gasteiger partial charge < -0.3 is 4.90 Å². The molecule has 2 aromatic heterocycles. The van der Waals surface area contributed by atoms with Crippen molar-refractivity contribution >= 4 is 17.0 Å². The monoisotopic (exact) mass is 405 g/mol. The summed E-state index contributed by atoms with van der Waals surface area (Å²) in [5, 5.41) is 4.50. The minimum Gasteiger partial charge on any atom is -0.348 e. The average Bonchev–Trinajstić information content (AvgIpc) is 3.42. The number of nitrogens with one attached hydrogen (secondary N) is 1. The van der Waals surface area contributed by atoms with Crippen LogP contribution in [-0.2, 0) is 12.6 Å². The Bertz CT molecular complexity index is 1090. The summed E-state index contributed by atoms with van der Waals surface area (Å²) in [4.78, 5) is 21.4. The van der Waals surface area contributed by atoms with Crippen molar-refractivity contribution in [2.75, 3.05) is 19.0 Å². The summed E-state index contributed by atoms with van der Waals surface area (Å²) in [6.07, 6.45) is 1.87. The zero-order chi connectivity index (χ0) is 20.9. The summed E-state index contributed by atoms with van der Waals surface area (Å²) in [5.74, 6) is -2.37. The molecule has 0 aliphatic heterocycles. The van der Waals surface area contributed by atoms with E-state index in [1.54, 1.807) is 35.8 Å². The second-order valence-electron chi connectivity index (χ2n) is 7.80. The quantitative estimate of drug-likeness (QED) is 0.678. The van der Waals surface area contributed by atoms with Gasteiger partial charge in [0.25, 0.3) is 11.5 Å². The summed E-state index contributed by atoms with van der Waals surface area (Å²) < 4.78 is 42.4. The number of aromatic amines is 1. The van der Waals surface area contributed by atoms with Crippen LogP contribution in [0.1, 0.15) is 42.6 Å². The molecule has 1 aliphatic carbocycles. The summed E-state index contributed by atoms with van der Waals surface area (Å²) >= 11 is 0. The molecule has 1 N–H and O–H groups in total. The minimum absolute atomic E-state index is 0.0291. The molecule has 1 atom stereocenters. The van der Waals surface area contributed by atoms with E-state index in [9.17, 15) is 18.0 Å². The van der Waals surface area contributed by atoms with Gasteiger partial charge in [0.2, 0.25) is 5.95 Å². The number of aromatic nitrogens is 4. The second-order valence-corrected chi connectivity index (χ2v) is 7.80. The highest BCUT2D eigenvalue weighted by atomic mass is 19.3. The molecule has 0 spiro atoms. The van der Waals surface area contributed by atoms with Gasteiger partial charge in [0, 0.05) is 26.6 Å². The van der Waals surface area contributed by atoms with E-state index in [4.69, 9.17) is 0 Å². The Kier molecular flexibility index (Phi) is 4.63. The van der Waals surface area contributed by atoms with Crippen LogP contribution < -0.4 is 10.5 Å². The Morgan fingerprint density at radius 2 is 1.93 bits per heavy atom. The standard InChI is InChI=1S/C20H22F3N5O/c1-20(22,23)13-8-6-12(7-9-13)16(11-4-5-11)28-17-15(14(10-21)26-28)18(29)25-19(24-17)27(2)3/h6-9,11,16H,4-5,10H2,1-3H3,(H,24,25,29)/t16-/m1/s1. The molecule has 0 unspecified atom stereocenters. The van der Waals surface area contributed by atoms with Crippen LogP contribution in [-0.4, -0.2) is 33.8 Å². The largest absolute Gasteiger partial charge is 0.348 e. The number of rotatable bonds is 6. The Labute approximate surface area is 165 Å². The smallest absolute Gasteiger partial charge is 0.270 e. The highest BCUT2D eigenvalue weighted by Crippen LogP contribution is 2.44. The molecule has 2 heterocycles. The lowest BCUT2D eigenvalue weighted by Crippen LogP contribution is -2.21. The lowest BCUT2D eigenvalue weighted by Gasteiger charge is -2.20. The average molecular weight is 405 g/mol. The number of benzene rings is 1. The van der Waals surface area contributed by atoms with Gasteiger partial charge in [-0.15, -0.1) is 0 Å². The lowest BCUT2D eigenvalue weighted by atomic mass is 9.99. The van der Waals surface area contributed by atoms with E-state index in [0.29, 0.717) is 11.6 Å². The number of hydrogen-bond acceptors (Lipinski definition) is 4. The van der Waals surface area contributed by atoms with Gasteiger partial charge in [-0.3, -0.25) is 9.78 Å².